The third-order valence-electron chi connectivity index (χ3n) is 7.42. The Hall–Kier alpha value is -3.68. The van der Waals surface area contributed by atoms with Crippen LogP contribution in [0, 0.1) is 13.8 Å². The molecule has 0 saturated carbocycles. The summed E-state index contributed by atoms with van der Waals surface area (Å²) in [4.78, 5) is 31.1. The lowest BCUT2D eigenvalue weighted by molar-refractivity contribution is -0.127. The summed E-state index contributed by atoms with van der Waals surface area (Å²) >= 11 is 0. The summed E-state index contributed by atoms with van der Waals surface area (Å²) in [7, 11) is 1.68. The largest absolute Gasteiger partial charge is 0.497 e. The quantitative estimate of drug-likeness (QED) is 0.414. The monoisotopic (exact) mass is 528 g/mol. The van der Waals surface area contributed by atoms with Gasteiger partial charge in [0.2, 0.25) is 5.91 Å². The third kappa shape index (κ3) is 7.46. The van der Waals surface area contributed by atoms with Gasteiger partial charge in [-0.05, 0) is 62.1 Å². The molecule has 4 rings (SSSR count). The third-order valence-corrected chi connectivity index (χ3v) is 7.42. The van der Waals surface area contributed by atoms with E-state index in [-0.39, 0.29) is 17.9 Å². The van der Waals surface area contributed by atoms with Gasteiger partial charge in [0.05, 0.1) is 7.11 Å². The van der Waals surface area contributed by atoms with Crippen molar-refractivity contribution < 1.29 is 14.3 Å². The Bertz CT molecular complexity index is 1240. The van der Waals surface area contributed by atoms with Crippen LogP contribution in [0.5, 0.6) is 5.75 Å². The van der Waals surface area contributed by atoms with Crippen molar-refractivity contribution in [2.45, 2.75) is 51.9 Å². The SMILES string of the molecule is COc1cccc(CN(Cc2ccc(C)cc2)C2CCN(C(=O)c3ccc(C)cc3)[C@@H](C(=O)NCCN)C2)c1. The Kier molecular flexibility index (Phi) is 9.74. The minimum Gasteiger partial charge on any atom is -0.497 e. The van der Waals surface area contributed by atoms with Gasteiger partial charge in [-0.2, -0.15) is 0 Å². The Morgan fingerprint density at radius 2 is 1.64 bits per heavy atom. The number of hydrogen-bond donors (Lipinski definition) is 2. The first-order valence-electron chi connectivity index (χ1n) is 13.7. The highest BCUT2D eigenvalue weighted by molar-refractivity contribution is 5.97. The molecule has 3 aromatic carbocycles. The Balaban J connectivity index is 1.61. The second-order valence-corrected chi connectivity index (χ2v) is 10.4. The van der Waals surface area contributed by atoms with Crippen molar-refractivity contribution in [3.63, 3.8) is 0 Å². The lowest BCUT2D eigenvalue weighted by Crippen LogP contribution is -2.57. The number of nitrogens with zero attached hydrogens (tertiary/aromatic N) is 2. The number of likely N-dealkylation sites (tertiary alicyclic amines) is 1. The predicted octanol–water partition coefficient (Wildman–Crippen LogP) is 4.06. The molecule has 7 nitrogen and oxygen atoms in total. The highest BCUT2D eigenvalue weighted by Gasteiger charge is 2.38. The van der Waals surface area contributed by atoms with Gasteiger partial charge in [0.1, 0.15) is 11.8 Å². The van der Waals surface area contributed by atoms with E-state index in [0.29, 0.717) is 38.2 Å². The van der Waals surface area contributed by atoms with Gasteiger partial charge in [-0.25, -0.2) is 0 Å². The van der Waals surface area contributed by atoms with E-state index < -0.39 is 6.04 Å². The Labute approximate surface area is 231 Å². The van der Waals surface area contributed by atoms with E-state index >= 15 is 0 Å². The molecule has 1 aliphatic rings. The number of hydrogen-bond acceptors (Lipinski definition) is 5. The van der Waals surface area contributed by atoms with Crippen LogP contribution in [-0.4, -0.2) is 60.4 Å². The standard InChI is InChI=1S/C32H40N4O3/c1-23-7-11-25(12-8-23)21-35(22-26-5-4-6-29(19-26)39-3)28-15-18-36(30(20-28)31(37)34-17-16-33)32(38)27-13-9-24(2)10-14-27/h4-14,19,28,30H,15-18,20-22,33H2,1-3H3,(H,34,37)/t28?,30-/m1/s1. The summed E-state index contributed by atoms with van der Waals surface area (Å²) < 4.78 is 5.46. The number of benzene rings is 3. The van der Waals surface area contributed by atoms with Crippen LogP contribution in [-0.2, 0) is 17.9 Å². The number of aryl methyl sites for hydroxylation is 2. The fourth-order valence-corrected chi connectivity index (χ4v) is 5.19. The molecule has 0 aliphatic carbocycles. The number of carbonyl (C=O) groups is 2. The smallest absolute Gasteiger partial charge is 0.254 e. The van der Waals surface area contributed by atoms with Crippen molar-refractivity contribution in [1.82, 2.24) is 15.1 Å². The molecule has 3 N–H and O–H groups in total. The van der Waals surface area contributed by atoms with Gasteiger partial charge in [-0.15, -0.1) is 0 Å². The average molecular weight is 529 g/mol. The molecule has 3 aromatic rings. The van der Waals surface area contributed by atoms with Crippen LogP contribution in [0.3, 0.4) is 0 Å². The first-order valence-corrected chi connectivity index (χ1v) is 13.7. The number of amides is 2. The van der Waals surface area contributed by atoms with Gasteiger partial charge in [0.25, 0.3) is 5.91 Å². The number of nitrogens with one attached hydrogen (secondary N) is 1. The normalized spacial score (nSPS) is 17.2. The molecule has 39 heavy (non-hydrogen) atoms. The minimum absolute atomic E-state index is 0.105. The van der Waals surface area contributed by atoms with Gasteiger partial charge in [-0.3, -0.25) is 14.5 Å². The van der Waals surface area contributed by atoms with Crippen molar-refractivity contribution in [2.75, 3.05) is 26.7 Å². The molecule has 7 heteroatoms. The second-order valence-electron chi connectivity index (χ2n) is 10.4. The summed E-state index contributed by atoms with van der Waals surface area (Å²) in [6.07, 6.45) is 1.32. The van der Waals surface area contributed by atoms with E-state index in [1.807, 2.05) is 43.3 Å². The molecule has 1 unspecified atom stereocenters. The Morgan fingerprint density at radius 3 is 2.31 bits per heavy atom. The molecule has 0 bridgehead atoms. The molecule has 1 aliphatic heterocycles. The molecule has 1 heterocycles. The first kappa shape index (κ1) is 28.3. The molecular formula is C32H40N4O3. The van der Waals surface area contributed by atoms with Crippen LogP contribution in [0.15, 0.2) is 72.8 Å². The fourth-order valence-electron chi connectivity index (χ4n) is 5.19. The highest BCUT2D eigenvalue weighted by atomic mass is 16.5. The lowest BCUT2D eigenvalue weighted by Gasteiger charge is -2.43. The molecule has 206 valence electrons. The molecule has 2 amide bonds. The average Bonchev–Trinajstić information content (AvgIpc) is 2.96. The molecular weight excluding hydrogens is 488 g/mol. The molecule has 1 fully saturated rings. The van der Waals surface area contributed by atoms with Gasteiger partial charge in [0.15, 0.2) is 0 Å². The molecule has 0 radical (unpaired) electrons. The summed E-state index contributed by atoms with van der Waals surface area (Å²) in [5, 5.41) is 2.93. The van der Waals surface area contributed by atoms with Crippen molar-refractivity contribution in [1.29, 1.82) is 0 Å². The van der Waals surface area contributed by atoms with Gasteiger partial charge in [-0.1, -0.05) is 59.7 Å². The topological polar surface area (TPSA) is 87.9 Å². The maximum absolute atomic E-state index is 13.6. The maximum Gasteiger partial charge on any atom is 0.254 e. The fraction of sp³-hybridized carbons (Fsp3) is 0.375. The number of rotatable bonds is 10. The van der Waals surface area contributed by atoms with E-state index in [0.717, 1.165) is 29.8 Å². The Morgan fingerprint density at radius 1 is 0.974 bits per heavy atom. The first-order chi connectivity index (χ1) is 18.9. The van der Waals surface area contributed by atoms with Gasteiger partial charge >= 0.3 is 0 Å². The summed E-state index contributed by atoms with van der Waals surface area (Å²) in [5.41, 5.74) is 10.9. The number of ether oxygens (including phenoxy) is 1. The van der Waals surface area contributed by atoms with E-state index in [2.05, 4.69) is 53.5 Å². The highest BCUT2D eigenvalue weighted by Crippen LogP contribution is 2.28. The van der Waals surface area contributed by atoms with Crippen molar-refractivity contribution >= 4 is 11.8 Å². The summed E-state index contributed by atoms with van der Waals surface area (Å²) in [5.74, 6) is 0.557. The number of methoxy groups -OCH3 is 1. The second kappa shape index (κ2) is 13.4. The molecule has 2 atom stereocenters. The van der Waals surface area contributed by atoms with Crippen LogP contribution < -0.4 is 15.8 Å². The van der Waals surface area contributed by atoms with Crippen LogP contribution >= 0.6 is 0 Å². The zero-order valence-electron chi connectivity index (χ0n) is 23.2. The molecule has 1 saturated heterocycles. The summed E-state index contributed by atoms with van der Waals surface area (Å²) in [6.45, 7) is 6.76. The van der Waals surface area contributed by atoms with Crippen molar-refractivity contribution in [2.24, 2.45) is 5.73 Å². The zero-order chi connectivity index (χ0) is 27.8. The van der Waals surface area contributed by atoms with Crippen LogP contribution in [0.2, 0.25) is 0 Å². The summed E-state index contributed by atoms with van der Waals surface area (Å²) in [6, 6.07) is 23.8. The van der Waals surface area contributed by atoms with Crippen LogP contribution in [0.4, 0.5) is 0 Å². The number of piperidine rings is 1. The van der Waals surface area contributed by atoms with Gasteiger partial charge in [0, 0.05) is 44.3 Å². The van der Waals surface area contributed by atoms with Crippen molar-refractivity contribution in [3.8, 4) is 5.75 Å². The van der Waals surface area contributed by atoms with Crippen LogP contribution in [0.25, 0.3) is 0 Å². The van der Waals surface area contributed by atoms with E-state index in [9.17, 15) is 9.59 Å². The van der Waals surface area contributed by atoms with Gasteiger partial charge < -0.3 is 20.7 Å². The van der Waals surface area contributed by atoms with E-state index in [4.69, 9.17) is 10.5 Å². The minimum atomic E-state index is -0.574. The molecule has 0 aromatic heterocycles. The van der Waals surface area contributed by atoms with Crippen LogP contribution in [0.1, 0.15) is 45.5 Å². The zero-order valence-corrected chi connectivity index (χ0v) is 23.2. The number of nitrogens with two attached hydrogens (primary N) is 1. The predicted molar refractivity (Wildman–Crippen MR) is 155 cm³/mol. The molecule has 0 spiro atoms. The maximum atomic E-state index is 13.6. The van der Waals surface area contributed by atoms with E-state index in [1.165, 1.54) is 11.1 Å². The lowest BCUT2D eigenvalue weighted by atomic mass is 9.93. The van der Waals surface area contributed by atoms with Crippen molar-refractivity contribution in [3.05, 3.63) is 101 Å². The van der Waals surface area contributed by atoms with E-state index in [1.54, 1.807) is 12.0 Å². The number of carbonyl (C=O) groups excluding carboxylic acids is 2.